The van der Waals surface area contributed by atoms with E-state index in [4.69, 9.17) is 26.3 Å². The average Bonchev–Trinajstić information content (AvgIpc) is 3.00. The van der Waals surface area contributed by atoms with Crippen LogP contribution in [0, 0.1) is 29.0 Å². The summed E-state index contributed by atoms with van der Waals surface area (Å²) in [5.74, 6) is -0.576. The molecule has 9 heteroatoms. The summed E-state index contributed by atoms with van der Waals surface area (Å²) in [4.78, 5) is 25.5. The van der Waals surface area contributed by atoms with Crippen LogP contribution in [0.5, 0.6) is 5.75 Å². The molecule has 1 heterocycles. The zero-order chi connectivity index (χ0) is 21.0. The standard InChI is InChI=1S/C20H21ClFN3O4/c1-12(24-19(26)11-28-15-2-3-16(21)17(22)8-15)4-5-25-10-18(29-20(25)27)14-6-13(7-14)9-23/h2-3,8,13-14,18H,1,4-7,10-11H2,(H,24,26). The number of amides is 2. The third kappa shape index (κ3) is 5.39. The minimum Gasteiger partial charge on any atom is -0.484 e. The highest BCUT2D eigenvalue weighted by Crippen LogP contribution is 2.38. The molecule has 1 aliphatic carbocycles. The van der Waals surface area contributed by atoms with Crippen LogP contribution in [0.1, 0.15) is 19.3 Å². The molecule has 1 saturated carbocycles. The van der Waals surface area contributed by atoms with Crippen molar-refractivity contribution in [3.63, 3.8) is 0 Å². The maximum absolute atomic E-state index is 13.4. The molecule has 1 saturated heterocycles. The van der Waals surface area contributed by atoms with Crippen molar-refractivity contribution in [1.29, 1.82) is 5.26 Å². The van der Waals surface area contributed by atoms with Crippen molar-refractivity contribution in [3.8, 4) is 11.8 Å². The van der Waals surface area contributed by atoms with Gasteiger partial charge in [-0.15, -0.1) is 0 Å². The molecule has 1 N–H and O–H groups in total. The van der Waals surface area contributed by atoms with Gasteiger partial charge in [0.15, 0.2) is 6.61 Å². The summed E-state index contributed by atoms with van der Waals surface area (Å²) in [7, 11) is 0. The van der Waals surface area contributed by atoms with Gasteiger partial charge in [-0.25, -0.2) is 9.18 Å². The molecule has 1 aliphatic heterocycles. The fourth-order valence-corrected chi connectivity index (χ4v) is 3.43. The zero-order valence-electron chi connectivity index (χ0n) is 15.7. The van der Waals surface area contributed by atoms with Crippen LogP contribution in [0.4, 0.5) is 9.18 Å². The third-order valence-electron chi connectivity index (χ3n) is 5.05. The summed E-state index contributed by atoms with van der Waals surface area (Å²) in [6.07, 6.45) is 1.34. The van der Waals surface area contributed by atoms with Crippen molar-refractivity contribution in [3.05, 3.63) is 41.3 Å². The second-order valence-corrected chi connectivity index (χ2v) is 7.60. The van der Waals surface area contributed by atoms with Crippen LogP contribution in [0.2, 0.25) is 5.02 Å². The van der Waals surface area contributed by atoms with Crippen molar-refractivity contribution < 1.29 is 23.5 Å². The molecule has 154 valence electrons. The van der Waals surface area contributed by atoms with Gasteiger partial charge in [0, 0.05) is 36.6 Å². The Bertz CT molecular complexity index is 851. The number of carbonyl (C=O) groups excluding carboxylic acids is 2. The molecule has 0 bridgehead atoms. The van der Waals surface area contributed by atoms with Crippen LogP contribution in [0.15, 0.2) is 30.5 Å². The van der Waals surface area contributed by atoms with Crippen LogP contribution in [0.3, 0.4) is 0 Å². The molecule has 1 aromatic carbocycles. The second kappa shape index (κ2) is 9.14. The van der Waals surface area contributed by atoms with Gasteiger partial charge in [0.2, 0.25) is 0 Å². The Kier molecular flexibility index (Phi) is 6.60. The number of nitrogens with one attached hydrogen (secondary N) is 1. The first-order chi connectivity index (χ1) is 13.9. The smallest absolute Gasteiger partial charge is 0.410 e. The maximum Gasteiger partial charge on any atom is 0.410 e. The molecule has 1 aromatic rings. The van der Waals surface area contributed by atoms with E-state index >= 15 is 0 Å². The van der Waals surface area contributed by atoms with E-state index in [1.807, 2.05) is 0 Å². The molecule has 0 radical (unpaired) electrons. The van der Waals surface area contributed by atoms with Crippen LogP contribution in [-0.4, -0.2) is 42.7 Å². The van der Waals surface area contributed by atoms with Crippen LogP contribution in [0.25, 0.3) is 0 Å². The predicted octanol–water partition coefficient (Wildman–Crippen LogP) is 3.25. The van der Waals surface area contributed by atoms with E-state index in [0.717, 1.165) is 18.9 Å². The molecular formula is C20H21ClFN3O4. The first-order valence-electron chi connectivity index (χ1n) is 9.26. The van der Waals surface area contributed by atoms with Gasteiger partial charge in [-0.3, -0.25) is 4.79 Å². The molecule has 2 fully saturated rings. The van der Waals surface area contributed by atoms with Crippen molar-refractivity contribution in [2.75, 3.05) is 19.7 Å². The fourth-order valence-electron chi connectivity index (χ4n) is 3.31. The van der Waals surface area contributed by atoms with E-state index in [0.29, 0.717) is 25.2 Å². The lowest BCUT2D eigenvalue weighted by Crippen LogP contribution is -2.36. The topological polar surface area (TPSA) is 91.7 Å². The highest BCUT2D eigenvalue weighted by molar-refractivity contribution is 6.30. The largest absolute Gasteiger partial charge is 0.484 e. The quantitative estimate of drug-likeness (QED) is 0.695. The molecule has 29 heavy (non-hydrogen) atoms. The number of rotatable bonds is 8. The van der Waals surface area contributed by atoms with E-state index in [9.17, 15) is 14.0 Å². The molecule has 7 nitrogen and oxygen atoms in total. The first kappa shape index (κ1) is 20.9. The minimum atomic E-state index is -0.630. The number of ether oxygens (including phenoxy) is 2. The molecule has 2 aliphatic rings. The van der Waals surface area contributed by atoms with E-state index in [1.165, 1.54) is 12.1 Å². The Morgan fingerprint density at radius 2 is 2.24 bits per heavy atom. The summed E-state index contributed by atoms with van der Waals surface area (Å²) in [6, 6.07) is 6.12. The summed E-state index contributed by atoms with van der Waals surface area (Å²) >= 11 is 5.59. The van der Waals surface area contributed by atoms with Gasteiger partial charge in [0.25, 0.3) is 5.91 Å². The first-order valence-corrected chi connectivity index (χ1v) is 9.64. The van der Waals surface area contributed by atoms with Crippen LogP contribution >= 0.6 is 11.6 Å². The van der Waals surface area contributed by atoms with E-state index in [-0.39, 0.29) is 41.4 Å². The van der Waals surface area contributed by atoms with Crippen LogP contribution in [-0.2, 0) is 9.53 Å². The monoisotopic (exact) mass is 421 g/mol. The SMILES string of the molecule is C=C(CCN1CC(C2CC(C#N)C2)OC1=O)NC(=O)COc1ccc(Cl)c(F)c1. The number of nitriles is 1. The predicted molar refractivity (Wildman–Crippen MR) is 102 cm³/mol. The Labute approximate surface area is 173 Å². The Hall–Kier alpha value is -2.79. The lowest BCUT2D eigenvalue weighted by atomic mass is 9.73. The molecule has 3 rings (SSSR count). The number of carbonyl (C=O) groups is 2. The summed E-state index contributed by atoms with van der Waals surface area (Å²) in [6.45, 7) is 4.32. The number of benzene rings is 1. The Morgan fingerprint density at radius 1 is 1.48 bits per heavy atom. The summed E-state index contributed by atoms with van der Waals surface area (Å²) in [5.41, 5.74) is 0.435. The highest BCUT2D eigenvalue weighted by atomic mass is 35.5. The van der Waals surface area contributed by atoms with Gasteiger partial charge in [-0.2, -0.15) is 5.26 Å². The summed E-state index contributed by atoms with van der Waals surface area (Å²) < 4.78 is 24.0. The Morgan fingerprint density at radius 3 is 2.93 bits per heavy atom. The zero-order valence-corrected chi connectivity index (χ0v) is 16.5. The van der Waals surface area contributed by atoms with Gasteiger partial charge >= 0.3 is 6.09 Å². The number of halogens is 2. The molecular weight excluding hydrogens is 401 g/mol. The molecule has 0 spiro atoms. The third-order valence-corrected chi connectivity index (χ3v) is 5.36. The van der Waals surface area contributed by atoms with Crippen molar-refractivity contribution in [1.82, 2.24) is 10.2 Å². The normalized spacial score (nSPS) is 23.0. The Balaban J connectivity index is 1.36. The van der Waals surface area contributed by atoms with E-state index in [2.05, 4.69) is 18.0 Å². The number of hydrogen-bond donors (Lipinski definition) is 1. The average molecular weight is 422 g/mol. The minimum absolute atomic E-state index is 0.0277. The molecule has 2 amide bonds. The highest BCUT2D eigenvalue weighted by Gasteiger charge is 2.42. The van der Waals surface area contributed by atoms with Gasteiger partial charge in [-0.05, 0) is 25.0 Å². The molecule has 1 atom stereocenters. The number of cyclic esters (lactones) is 1. The van der Waals surface area contributed by atoms with E-state index in [1.54, 1.807) is 4.90 Å². The molecule has 0 aromatic heterocycles. The maximum atomic E-state index is 13.4. The van der Waals surface area contributed by atoms with Gasteiger partial charge in [-0.1, -0.05) is 18.2 Å². The summed E-state index contributed by atoms with van der Waals surface area (Å²) in [5, 5.41) is 11.4. The van der Waals surface area contributed by atoms with Crippen LogP contribution < -0.4 is 10.1 Å². The number of nitrogens with zero attached hydrogens (tertiary/aromatic N) is 2. The van der Waals surface area contributed by atoms with Crippen molar-refractivity contribution in [2.45, 2.75) is 25.4 Å². The fraction of sp³-hybridized carbons (Fsp3) is 0.450. The van der Waals surface area contributed by atoms with E-state index < -0.39 is 11.7 Å². The lowest BCUT2D eigenvalue weighted by Gasteiger charge is -2.33. The lowest BCUT2D eigenvalue weighted by molar-refractivity contribution is -0.122. The number of hydrogen-bond acceptors (Lipinski definition) is 5. The van der Waals surface area contributed by atoms with Gasteiger partial charge in [0.05, 0.1) is 17.6 Å². The molecule has 1 unspecified atom stereocenters. The second-order valence-electron chi connectivity index (χ2n) is 7.19. The van der Waals surface area contributed by atoms with Crippen molar-refractivity contribution in [2.24, 2.45) is 11.8 Å². The van der Waals surface area contributed by atoms with Gasteiger partial charge < -0.3 is 19.7 Å². The van der Waals surface area contributed by atoms with Gasteiger partial charge in [0.1, 0.15) is 17.7 Å². The van der Waals surface area contributed by atoms with Crippen molar-refractivity contribution >= 4 is 23.6 Å².